The van der Waals surface area contributed by atoms with E-state index in [1.54, 1.807) is 0 Å². The number of carboxylic acids is 1. The van der Waals surface area contributed by atoms with Crippen molar-refractivity contribution in [1.29, 1.82) is 0 Å². The van der Waals surface area contributed by atoms with Gasteiger partial charge in [0.05, 0.1) is 18.4 Å². The lowest BCUT2D eigenvalue weighted by atomic mass is 10.3. The third-order valence-electron chi connectivity index (χ3n) is 1.88. The van der Waals surface area contributed by atoms with Crippen molar-refractivity contribution in [3.63, 3.8) is 0 Å². The number of carbonyl (C=O) groups is 2. The number of aromatic nitrogens is 3. The van der Waals surface area contributed by atoms with Crippen LogP contribution in [0, 0.1) is 0 Å². The quantitative estimate of drug-likeness (QED) is 0.425. The maximum atomic E-state index is 11.3. The van der Waals surface area contributed by atoms with Crippen molar-refractivity contribution < 1.29 is 19.8 Å². The Morgan fingerprint density at radius 3 is 2.82 bits per heavy atom. The molecule has 5 N–H and O–H groups in total. The number of amides is 1. The summed E-state index contributed by atoms with van der Waals surface area (Å²) < 4.78 is 1.27. The lowest BCUT2D eigenvalue weighted by Crippen LogP contribution is -2.38. The smallest absolute Gasteiger partial charge is 0.334 e. The molecule has 17 heavy (non-hydrogen) atoms. The van der Waals surface area contributed by atoms with Crippen LogP contribution in [-0.4, -0.2) is 49.7 Å². The Kier molecular flexibility index (Phi) is 4.55. The van der Waals surface area contributed by atoms with Crippen LogP contribution in [-0.2, 0) is 22.7 Å². The number of nitrogens with zero attached hydrogens (tertiary/aromatic N) is 3. The molecule has 9 heteroatoms. The van der Waals surface area contributed by atoms with E-state index in [1.165, 1.54) is 10.9 Å². The topological polar surface area (TPSA) is 143 Å². The Morgan fingerprint density at radius 1 is 1.59 bits per heavy atom. The van der Waals surface area contributed by atoms with Crippen LogP contribution in [0.3, 0.4) is 0 Å². The standard InChI is InChI=1S/C8H13N5O4/c9-1-5-3-13(12-11-5)4-7(15)10-2-6(14)8(16)17/h3,6,14H,1-2,4,9H2,(H,10,15)(H,16,17). The molecule has 1 heterocycles. The average molecular weight is 243 g/mol. The van der Waals surface area contributed by atoms with Crippen molar-refractivity contribution >= 4 is 11.9 Å². The van der Waals surface area contributed by atoms with Crippen LogP contribution in [0.1, 0.15) is 5.69 Å². The molecule has 1 unspecified atom stereocenters. The summed E-state index contributed by atoms with van der Waals surface area (Å²) in [5.41, 5.74) is 5.86. The highest BCUT2D eigenvalue weighted by molar-refractivity contribution is 5.77. The van der Waals surface area contributed by atoms with E-state index in [1.807, 2.05) is 0 Å². The van der Waals surface area contributed by atoms with Gasteiger partial charge in [-0.15, -0.1) is 5.10 Å². The van der Waals surface area contributed by atoms with Crippen LogP contribution >= 0.6 is 0 Å². The zero-order valence-electron chi connectivity index (χ0n) is 8.91. The molecule has 1 aromatic rings. The van der Waals surface area contributed by atoms with Crippen molar-refractivity contribution in [3.8, 4) is 0 Å². The van der Waals surface area contributed by atoms with E-state index in [2.05, 4.69) is 15.6 Å². The maximum Gasteiger partial charge on any atom is 0.334 e. The van der Waals surface area contributed by atoms with Gasteiger partial charge in [0.15, 0.2) is 6.10 Å². The Labute approximate surface area is 96.2 Å². The molecule has 0 saturated heterocycles. The zero-order valence-corrected chi connectivity index (χ0v) is 8.91. The first kappa shape index (κ1) is 13.1. The highest BCUT2D eigenvalue weighted by Gasteiger charge is 2.14. The molecule has 1 amide bonds. The molecule has 0 aromatic carbocycles. The van der Waals surface area contributed by atoms with Gasteiger partial charge < -0.3 is 21.3 Å². The van der Waals surface area contributed by atoms with E-state index in [0.717, 1.165) is 0 Å². The molecule has 0 aliphatic rings. The van der Waals surface area contributed by atoms with Crippen molar-refractivity contribution in [3.05, 3.63) is 11.9 Å². The molecule has 0 aliphatic carbocycles. The van der Waals surface area contributed by atoms with Crippen LogP contribution in [0.2, 0.25) is 0 Å². The molecule has 1 aromatic heterocycles. The summed E-state index contributed by atoms with van der Waals surface area (Å²) in [5, 5.41) is 26.9. The average Bonchev–Trinajstić information content (AvgIpc) is 2.73. The summed E-state index contributed by atoms with van der Waals surface area (Å²) >= 11 is 0. The first-order valence-electron chi connectivity index (χ1n) is 4.79. The number of aliphatic hydroxyl groups is 1. The van der Waals surface area contributed by atoms with E-state index >= 15 is 0 Å². The molecular weight excluding hydrogens is 230 g/mol. The minimum Gasteiger partial charge on any atom is -0.479 e. The third kappa shape index (κ3) is 4.17. The fourth-order valence-electron chi connectivity index (χ4n) is 1.01. The van der Waals surface area contributed by atoms with Crippen LogP contribution in [0.5, 0.6) is 0 Å². The highest BCUT2D eigenvalue weighted by atomic mass is 16.4. The van der Waals surface area contributed by atoms with Gasteiger partial charge in [0.1, 0.15) is 6.54 Å². The van der Waals surface area contributed by atoms with Gasteiger partial charge in [0, 0.05) is 6.54 Å². The molecule has 0 saturated carbocycles. The van der Waals surface area contributed by atoms with Crippen molar-refractivity contribution in [2.45, 2.75) is 19.2 Å². The molecule has 94 valence electrons. The summed E-state index contributed by atoms with van der Waals surface area (Å²) in [4.78, 5) is 21.6. The summed E-state index contributed by atoms with van der Waals surface area (Å²) in [6.45, 7) is -0.245. The number of nitrogens with two attached hydrogens (primary N) is 1. The Morgan fingerprint density at radius 2 is 2.29 bits per heavy atom. The van der Waals surface area contributed by atoms with Crippen molar-refractivity contribution in [1.82, 2.24) is 20.3 Å². The summed E-state index contributed by atoms with van der Waals surface area (Å²) in [6, 6.07) is 0. The number of carboxylic acid groups (broad SMARTS) is 1. The number of aliphatic carboxylic acids is 1. The summed E-state index contributed by atoms with van der Waals surface area (Å²) in [7, 11) is 0. The van der Waals surface area contributed by atoms with Crippen LogP contribution in [0.15, 0.2) is 6.20 Å². The molecule has 0 fully saturated rings. The molecule has 9 nitrogen and oxygen atoms in total. The van der Waals surface area contributed by atoms with Gasteiger partial charge in [-0.05, 0) is 0 Å². The number of nitrogens with one attached hydrogen (secondary N) is 1. The summed E-state index contributed by atoms with van der Waals surface area (Å²) in [5.74, 6) is -1.87. The first-order chi connectivity index (χ1) is 8.02. The highest BCUT2D eigenvalue weighted by Crippen LogP contribution is 1.90. The Hall–Kier alpha value is -2.00. The van der Waals surface area contributed by atoms with Crippen LogP contribution in [0.25, 0.3) is 0 Å². The molecule has 0 aliphatic heterocycles. The maximum absolute atomic E-state index is 11.3. The lowest BCUT2D eigenvalue weighted by Gasteiger charge is -2.07. The largest absolute Gasteiger partial charge is 0.479 e. The fourth-order valence-corrected chi connectivity index (χ4v) is 1.01. The molecule has 1 rings (SSSR count). The summed E-state index contributed by atoms with van der Waals surface area (Å²) in [6.07, 6.45) is -0.109. The first-order valence-corrected chi connectivity index (χ1v) is 4.79. The Bertz CT molecular complexity index is 404. The third-order valence-corrected chi connectivity index (χ3v) is 1.88. The van der Waals surface area contributed by atoms with Gasteiger partial charge in [-0.1, -0.05) is 5.21 Å². The number of hydrogen-bond donors (Lipinski definition) is 4. The van der Waals surface area contributed by atoms with E-state index in [9.17, 15) is 9.59 Å². The second-order valence-electron chi connectivity index (χ2n) is 3.27. The van der Waals surface area contributed by atoms with Gasteiger partial charge in [-0.2, -0.15) is 0 Å². The molecule has 0 spiro atoms. The van der Waals surface area contributed by atoms with E-state index in [4.69, 9.17) is 15.9 Å². The number of aliphatic hydroxyl groups excluding tert-OH is 1. The normalized spacial score (nSPS) is 12.1. The predicted molar refractivity (Wildman–Crippen MR) is 54.6 cm³/mol. The van der Waals surface area contributed by atoms with Gasteiger partial charge in [-0.25, -0.2) is 9.48 Å². The van der Waals surface area contributed by atoms with Crippen LogP contribution < -0.4 is 11.1 Å². The predicted octanol–water partition coefficient (Wildman–Crippen LogP) is -2.70. The number of carbonyl (C=O) groups excluding carboxylic acids is 1. The monoisotopic (exact) mass is 243 g/mol. The van der Waals surface area contributed by atoms with Crippen LogP contribution in [0.4, 0.5) is 0 Å². The molecule has 0 bridgehead atoms. The fraction of sp³-hybridized carbons (Fsp3) is 0.500. The SMILES string of the molecule is NCc1cn(CC(=O)NCC(O)C(=O)O)nn1. The van der Waals surface area contributed by atoms with Crippen molar-refractivity contribution in [2.75, 3.05) is 6.54 Å². The van der Waals surface area contributed by atoms with Gasteiger partial charge >= 0.3 is 5.97 Å². The van der Waals surface area contributed by atoms with E-state index < -0.39 is 18.0 Å². The molecule has 0 radical (unpaired) electrons. The number of hydrogen-bond acceptors (Lipinski definition) is 6. The number of rotatable bonds is 6. The second kappa shape index (κ2) is 5.92. The van der Waals surface area contributed by atoms with Gasteiger partial charge in [-0.3, -0.25) is 4.79 Å². The van der Waals surface area contributed by atoms with E-state index in [-0.39, 0.29) is 19.6 Å². The molecular formula is C8H13N5O4. The van der Waals surface area contributed by atoms with Gasteiger partial charge in [0.25, 0.3) is 0 Å². The minimum absolute atomic E-state index is 0.112. The van der Waals surface area contributed by atoms with Gasteiger partial charge in [0.2, 0.25) is 5.91 Å². The van der Waals surface area contributed by atoms with E-state index in [0.29, 0.717) is 5.69 Å². The minimum atomic E-state index is -1.62. The van der Waals surface area contributed by atoms with Crippen molar-refractivity contribution in [2.24, 2.45) is 5.73 Å². The lowest BCUT2D eigenvalue weighted by molar-refractivity contribution is -0.146. The Balaban J connectivity index is 2.37. The zero-order chi connectivity index (χ0) is 12.8. The molecule has 1 atom stereocenters. The second-order valence-corrected chi connectivity index (χ2v) is 3.27.